The highest BCUT2D eigenvalue weighted by atomic mass is 16.5. The van der Waals surface area contributed by atoms with E-state index in [2.05, 4.69) is 44.8 Å². The van der Waals surface area contributed by atoms with Gasteiger partial charge in [-0.3, -0.25) is 4.68 Å². The maximum atomic E-state index is 5.63. The average molecular weight is 339 g/mol. The maximum absolute atomic E-state index is 5.63. The molecule has 0 aliphatic rings. The summed E-state index contributed by atoms with van der Waals surface area (Å²) in [6, 6.07) is 9.87. The van der Waals surface area contributed by atoms with Gasteiger partial charge in [-0.1, -0.05) is 43.3 Å². The summed E-state index contributed by atoms with van der Waals surface area (Å²) in [5.74, 6) is 1.34. The first-order valence-electron chi connectivity index (χ1n) is 8.53. The molecule has 2 N–H and O–H groups in total. The number of aromatic nitrogens is 4. The summed E-state index contributed by atoms with van der Waals surface area (Å²) >= 11 is 0. The van der Waals surface area contributed by atoms with E-state index in [1.54, 1.807) is 0 Å². The Hall–Kier alpha value is -2.47. The Bertz CT molecular complexity index is 853. The van der Waals surface area contributed by atoms with E-state index in [0.717, 1.165) is 16.8 Å². The van der Waals surface area contributed by atoms with Crippen LogP contribution in [0.15, 0.2) is 34.9 Å². The quantitative estimate of drug-likeness (QED) is 0.778. The van der Waals surface area contributed by atoms with Crippen LogP contribution < -0.4 is 5.73 Å². The molecule has 0 unspecified atom stereocenters. The molecule has 0 radical (unpaired) electrons. The number of nitrogens with two attached hydrogens (primary N) is 1. The SMILES string of the molecule is CC(C)c1cc(-c2nc(-c3ccc(CN)cc3)no2)nn1C(C)(C)C. The minimum Gasteiger partial charge on any atom is -0.332 e. The lowest BCUT2D eigenvalue weighted by Gasteiger charge is -2.23. The van der Waals surface area contributed by atoms with Gasteiger partial charge in [0.25, 0.3) is 5.89 Å². The van der Waals surface area contributed by atoms with Gasteiger partial charge in [0.05, 0.1) is 5.54 Å². The summed E-state index contributed by atoms with van der Waals surface area (Å²) in [7, 11) is 0. The van der Waals surface area contributed by atoms with Crippen molar-refractivity contribution in [1.82, 2.24) is 19.9 Å². The molecule has 2 aromatic heterocycles. The lowest BCUT2D eigenvalue weighted by molar-refractivity contribution is 0.338. The van der Waals surface area contributed by atoms with Gasteiger partial charge in [0.15, 0.2) is 5.69 Å². The molecule has 0 bridgehead atoms. The van der Waals surface area contributed by atoms with Crippen LogP contribution in [0.2, 0.25) is 0 Å². The summed E-state index contributed by atoms with van der Waals surface area (Å²) in [5, 5.41) is 8.81. The molecule has 0 atom stereocenters. The fourth-order valence-corrected chi connectivity index (χ4v) is 2.68. The third-order valence-electron chi connectivity index (χ3n) is 4.06. The van der Waals surface area contributed by atoms with Gasteiger partial charge in [-0.25, -0.2) is 0 Å². The first-order valence-corrected chi connectivity index (χ1v) is 8.53. The first kappa shape index (κ1) is 17.4. The van der Waals surface area contributed by atoms with Gasteiger partial charge in [-0.2, -0.15) is 10.1 Å². The number of hydrogen-bond acceptors (Lipinski definition) is 5. The Balaban J connectivity index is 1.97. The molecule has 132 valence electrons. The average Bonchev–Trinajstić information content (AvgIpc) is 3.21. The monoisotopic (exact) mass is 339 g/mol. The van der Waals surface area contributed by atoms with Crippen molar-refractivity contribution in [3.05, 3.63) is 41.6 Å². The first-order chi connectivity index (χ1) is 11.8. The van der Waals surface area contributed by atoms with Crippen molar-refractivity contribution in [3.8, 4) is 23.0 Å². The van der Waals surface area contributed by atoms with Crippen LogP contribution in [0, 0.1) is 0 Å². The van der Waals surface area contributed by atoms with E-state index in [4.69, 9.17) is 15.4 Å². The van der Waals surface area contributed by atoms with Crippen molar-refractivity contribution in [2.75, 3.05) is 0 Å². The Kier molecular flexibility index (Phi) is 4.47. The van der Waals surface area contributed by atoms with E-state index >= 15 is 0 Å². The van der Waals surface area contributed by atoms with Gasteiger partial charge < -0.3 is 10.3 Å². The standard InChI is InChI=1S/C19H25N5O/c1-12(2)16-10-15(22-24(16)19(3,4)5)18-21-17(23-25-18)14-8-6-13(11-20)7-9-14/h6-10,12H,11,20H2,1-5H3. The maximum Gasteiger partial charge on any atom is 0.278 e. The predicted octanol–water partition coefficient (Wildman–Crippen LogP) is 3.94. The topological polar surface area (TPSA) is 82.8 Å². The molecule has 3 rings (SSSR count). The van der Waals surface area contributed by atoms with Crippen LogP contribution in [-0.4, -0.2) is 19.9 Å². The van der Waals surface area contributed by atoms with Gasteiger partial charge in [0.2, 0.25) is 5.82 Å². The molecule has 6 nitrogen and oxygen atoms in total. The third kappa shape index (κ3) is 3.49. The van der Waals surface area contributed by atoms with E-state index in [0.29, 0.717) is 29.9 Å². The Morgan fingerprint density at radius 1 is 1.16 bits per heavy atom. The van der Waals surface area contributed by atoms with Gasteiger partial charge in [0, 0.05) is 17.8 Å². The smallest absolute Gasteiger partial charge is 0.278 e. The molecule has 1 aromatic carbocycles. The van der Waals surface area contributed by atoms with Crippen molar-refractivity contribution < 1.29 is 4.52 Å². The second kappa shape index (κ2) is 6.44. The minimum absolute atomic E-state index is 0.112. The number of rotatable bonds is 4. The highest BCUT2D eigenvalue weighted by Gasteiger charge is 2.24. The Morgan fingerprint density at radius 2 is 1.84 bits per heavy atom. The van der Waals surface area contributed by atoms with E-state index in [-0.39, 0.29) is 5.54 Å². The Morgan fingerprint density at radius 3 is 2.36 bits per heavy atom. The van der Waals surface area contributed by atoms with Crippen molar-refractivity contribution >= 4 is 0 Å². The molecule has 0 amide bonds. The minimum atomic E-state index is -0.112. The second-order valence-electron chi connectivity index (χ2n) is 7.52. The fraction of sp³-hybridized carbons (Fsp3) is 0.421. The summed E-state index contributed by atoms with van der Waals surface area (Å²) in [6.45, 7) is 11.2. The zero-order chi connectivity index (χ0) is 18.2. The molecule has 2 heterocycles. The van der Waals surface area contributed by atoms with Crippen molar-refractivity contribution in [2.45, 2.75) is 52.6 Å². The number of nitrogens with zero attached hydrogens (tertiary/aromatic N) is 4. The normalized spacial score (nSPS) is 12.1. The van der Waals surface area contributed by atoms with Crippen LogP contribution >= 0.6 is 0 Å². The lowest BCUT2D eigenvalue weighted by Crippen LogP contribution is -2.25. The molecule has 3 aromatic rings. The highest BCUT2D eigenvalue weighted by molar-refractivity contribution is 5.58. The molecule has 0 spiro atoms. The van der Waals surface area contributed by atoms with Gasteiger partial charge in [-0.15, -0.1) is 0 Å². The zero-order valence-corrected chi connectivity index (χ0v) is 15.4. The van der Waals surface area contributed by atoms with Crippen LogP contribution in [-0.2, 0) is 12.1 Å². The molecule has 0 aliphatic carbocycles. The molecule has 0 aliphatic heterocycles. The summed E-state index contributed by atoms with van der Waals surface area (Å²) in [5.41, 5.74) is 9.34. The third-order valence-corrected chi connectivity index (χ3v) is 4.06. The number of hydrogen-bond donors (Lipinski definition) is 1. The molecule has 0 saturated heterocycles. The van der Waals surface area contributed by atoms with Crippen LogP contribution in [0.3, 0.4) is 0 Å². The molecule has 6 heteroatoms. The molecule has 25 heavy (non-hydrogen) atoms. The molecule has 0 fully saturated rings. The van der Waals surface area contributed by atoms with Gasteiger partial charge in [-0.05, 0) is 38.3 Å². The van der Waals surface area contributed by atoms with Crippen molar-refractivity contribution in [2.24, 2.45) is 5.73 Å². The predicted molar refractivity (Wildman–Crippen MR) is 97.9 cm³/mol. The Labute approximate surface area is 148 Å². The highest BCUT2D eigenvalue weighted by Crippen LogP contribution is 2.28. The summed E-state index contributed by atoms with van der Waals surface area (Å²) in [4.78, 5) is 4.52. The van der Waals surface area contributed by atoms with E-state index in [9.17, 15) is 0 Å². The van der Waals surface area contributed by atoms with E-state index in [1.165, 1.54) is 0 Å². The molecular formula is C19H25N5O. The summed E-state index contributed by atoms with van der Waals surface area (Å²) < 4.78 is 7.50. The van der Waals surface area contributed by atoms with Crippen LogP contribution in [0.4, 0.5) is 0 Å². The lowest BCUT2D eigenvalue weighted by atomic mass is 10.1. The van der Waals surface area contributed by atoms with Crippen LogP contribution in [0.5, 0.6) is 0 Å². The molecular weight excluding hydrogens is 314 g/mol. The molecule has 0 saturated carbocycles. The van der Waals surface area contributed by atoms with Gasteiger partial charge in [0.1, 0.15) is 0 Å². The van der Waals surface area contributed by atoms with Crippen molar-refractivity contribution in [1.29, 1.82) is 0 Å². The zero-order valence-electron chi connectivity index (χ0n) is 15.4. The fourth-order valence-electron chi connectivity index (χ4n) is 2.68. The number of benzene rings is 1. The van der Waals surface area contributed by atoms with Crippen molar-refractivity contribution in [3.63, 3.8) is 0 Å². The largest absolute Gasteiger partial charge is 0.332 e. The summed E-state index contributed by atoms with van der Waals surface area (Å²) in [6.07, 6.45) is 0. The van der Waals surface area contributed by atoms with E-state index < -0.39 is 0 Å². The van der Waals surface area contributed by atoms with Gasteiger partial charge >= 0.3 is 0 Å². The van der Waals surface area contributed by atoms with Crippen LogP contribution in [0.1, 0.15) is 51.8 Å². The second-order valence-corrected chi connectivity index (χ2v) is 7.52. The van der Waals surface area contributed by atoms with Crippen LogP contribution in [0.25, 0.3) is 23.0 Å². The van der Waals surface area contributed by atoms with E-state index in [1.807, 2.05) is 35.0 Å².